The predicted octanol–water partition coefficient (Wildman–Crippen LogP) is 2.36. The van der Waals surface area contributed by atoms with Gasteiger partial charge in [-0.3, -0.25) is 9.59 Å². The summed E-state index contributed by atoms with van der Waals surface area (Å²) in [6, 6.07) is 15.3. The highest BCUT2D eigenvalue weighted by Gasteiger charge is 2.11. The second kappa shape index (κ2) is 8.08. The average Bonchev–Trinajstić information content (AvgIpc) is 2.54. The van der Waals surface area contributed by atoms with E-state index in [1.807, 2.05) is 37.3 Å². The molecule has 120 valence electrons. The molecule has 0 saturated carbocycles. The van der Waals surface area contributed by atoms with E-state index in [1.165, 1.54) is 12.1 Å². The van der Waals surface area contributed by atoms with Gasteiger partial charge in [-0.1, -0.05) is 42.5 Å². The Hall–Kier alpha value is -2.69. The highest BCUT2D eigenvalue weighted by atomic mass is 19.1. The largest absolute Gasteiger partial charge is 0.348 e. The van der Waals surface area contributed by atoms with Crippen molar-refractivity contribution in [2.45, 2.75) is 19.4 Å². The predicted molar refractivity (Wildman–Crippen MR) is 86.1 cm³/mol. The lowest BCUT2D eigenvalue weighted by Gasteiger charge is -2.14. The maximum atomic E-state index is 13.0. The van der Waals surface area contributed by atoms with Crippen LogP contribution in [0, 0.1) is 5.82 Å². The molecule has 2 rings (SSSR count). The average molecular weight is 314 g/mol. The number of carbonyl (C=O) groups is 2. The second-order valence-electron chi connectivity index (χ2n) is 5.28. The van der Waals surface area contributed by atoms with Crippen LogP contribution >= 0.6 is 0 Å². The molecular formula is C18H19FN2O2. The van der Waals surface area contributed by atoms with Crippen LogP contribution in [0.25, 0.3) is 0 Å². The van der Waals surface area contributed by atoms with Crippen molar-refractivity contribution in [2.24, 2.45) is 0 Å². The number of hydrogen-bond donors (Lipinski definition) is 2. The summed E-state index contributed by atoms with van der Waals surface area (Å²) in [6.07, 6.45) is 0.0410. The first kappa shape index (κ1) is 16.7. The number of hydrogen-bond acceptors (Lipinski definition) is 2. The zero-order valence-corrected chi connectivity index (χ0v) is 12.9. The van der Waals surface area contributed by atoms with E-state index in [4.69, 9.17) is 0 Å². The SMILES string of the molecule is CC(NC(=O)CNC(=O)Cc1cccc(F)c1)c1ccccc1. The zero-order chi connectivity index (χ0) is 16.7. The van der Waals surface area contributed by atoms with Crippen molar-refractivity contribution >= 4 is 11.8 Å². The lowest BCUT2D eigenvalue weighted by Crippen LogP contribution is -2.38. The molecule has 0 aromatic heterocycles. The highest BCUT2D eigenvalue weighted by Crippen LogP contribution is 2.10. The van der Waals surface area contributed by atoms with Gasteiger partial charge in [0.2, 0.25) is 11.8 Å². The third-order valence-electron chi connectivity index (χ3n) is 3.38. The van der Waals surface area contributed by atoms with Gasteiger partial charge in [-0.15, -0.1) is 0 Å². The van der Waals surface area contributed by atoms with E-state index < -0.39 is 0 Å². The Bertz CT molecular complexity index is 674. The Morgan fingerprint density at radius 1 is 1.04 bits per heavy atom. The first-order valence-corrected chi connectivity index (χ1v) is 7.40. The molecule has 0 heterocycles. The minimum Gasteiger partial charge on any atom is -0.348 e. The van der Waals surface area contributed by atoms with Crippen molar-refractivity contribution in [3.8, 4) is 0 Å². The molecular weight excluding hydrogens is 295 g/mol. The summed E-state index contributed by atoms with van der Waals surface area (Å²) < 4.78 is 13.0. The topological polar surface area (TPSA) is 58.2 Å². The third-order valence-corrected chi connectivity index (χ3v) is 3.38. The van der Waals surface area contributed by atoms with Crippen molar-refractivity contribution in [3.63, 3.8) is 0 Å². The Kier molecular flexibility index (Phi) is 5.86. The van der Waals surface area contributed by atoms with Gasteiger partial charge in [-0.2, -0.15) is 0 Å². The number of benzene rings is 2. The van der Waals surface area contributed by atoms with Crippen molar-refractivity contribution in [3.05, 3.63) is 71.5 Å². The first-order valence-electron chi connectivity index (χ1n) is 7.40. The molecule has 2 aromatic rings. The monoisotopic (exact) mass is 314 g/mol. The summed E-state index contributed by atoms with van der Waals surface area (Å²) in [6.45, 7) is 1.77. The maximum absolute atomic E-state index is 13.0. The Morgan fingerprint density at radius 2 is 1.78 bits per heavy atom. The molecule has 1 atom stereocenters. The van der Waals surface area contributed by atoms with E-state index >= 15 is 0 Å². The summed E-state index contributed by atoms with van der Waals surface area (Å²) >= 11 is 0. The van der Waals surface area contributed by atoms with Gasteiger partial charge in [0.25, 0.3) is 0 Å². The lowest BCUT2D eigenvalue weighted by atomic mass is 10.1. The van der Waals surface area contributed by atoms with Crippen LogP contribution in [0.1, 0.15) is 24.1 Å². The standard InChI is InChI=1S/C18H19FN2O2/c1-13(15-7-3-2-4-8-15)21-18(23)12-20-17(22)11-14-6-5-9-16(19)10-14/h2-10,13H,11-12H2,1H3,(H,20,22)(H,21,23). The fourth-order valence-corrected chi connectivity index (χ4v) is 2.19. The molecule has 0 aliphatic rings. The summed E-state index contributed by atoms with van der Waals surface area (Å²) in [5.74, 6) is -0.975. The molecule has 0 aliphatic heterocycles. The molecule has 2 N–H and O–H groups in total. The molecule has 0 saturated heterocycles. The summed E-state index contributed by atoms with van der Waals surface area (Å²) in [5, 5.41) is 5.34. The number of nitrogens with one attached hydrogen (secondary N) is 2. The summed E-state index contributed by atoms with van der Waals surface area (Å²) in [5.41, 5.74) is 1.56. The Morgan fingerprint density at radius 3 is 2.48 bits per heavy atom. The third kappa shape index (κ3) is 5.54. The van der Waals surface area contributed by atoms with E-state index in [9.17, 15) is 14.0 Å². The first-order chi connectivity index (χ1) is 11.0. The molecule has 0 bridgehead atoms. The molecule has 0 aliphatic carbocycles. The van der Waals surface area contributed by atoms with Crippen molar-refractivity contribution in [1.82, 2.24) is 10.6 Å². The van der Waals surface area contributed by atoms with Crippen molar-refractivity contribution in [1.29, 1.82) is 0 Å². The number of amides is 2. The van der Waals surface area contributed by atoms with E-state index in [1.54, 1.807) is 12.1 Å². The van der Waals surface area contributed by atoms with Gasteiger partial charge in [-0.25, -0.2) is 4.39 Å². The van der Waals surface area contributed by atoms with Gasteiger partial charge in [-0.05, 0) is 30.2 Å². The molecule has 1 unspecified atom stereocenters. The van der Waals surface area contributed by atoms with Crippen LogP contribution in [0.5, 0.6) is 0 Å². The van der Waals surface area contributed by atoms with E-state index in [0.29, 0.717) is 5.56 Å². The van der Waals surface area contributed by atoms with E-state index in [2.05, 4.69) is 10.6 Å². The van der Waals surface area contributed by atoms with Crippen LogP contribution in [0.4, 0.5) is 4.39 Å². The van der Waals surface area contributed by atoms with Crippen LogP contribution in [-0.2, 0) is 16.0 Å². The zero-order valence-electron chi connectivity index (χ0n) is 12.9. The number of rotatable bonds is 6. The quantitative estimate of drug-likeness (QED) is 0.860. The van der Waals surface area contributed by atoms with Gasteiger partial charge in [0.15, 0.2) is 0 Å². The minimum absolute atomic E-state index is 0.0410. The van der Waals surface area contributed by atoms with Crippen LogP contribution in [0.2, 0.25) is 0 Å². The molecule has 4 nitrogen and oxygen atoms in total. The molecule has 0 radical (unpaired) electrons. The summed E-state index contributed by atoms with van der Waals surface area (Å²) in [4.78, 5) is 23.6. The van der Waals surface area contributed by atoms with Crippen LogP contribution in [0.3, 0.4) is 0 Å². The van der Waals surface area contributed by atoms with Crippen molar-refractivity contribution in [2.75, 3.05) is 6.54 Å². The second-order valence-corrected chi connectivity index (χ2v) is 5.28. The van der Waals surface area contributed by atoms with Gasteiger partial charge in [0.05, 0.1) is 19.0 Å². The van der Waals surface area contributed by atoms with Gasteiger partial charge in [0.1, 0.15) is 5.82 Å². The minimum atomic E-state index is -0.385. The fraction of sp³-hybridized carbons (Fsp3) is 0.222. The number of carbonyl (C=O) groups excluding carboxylic acids is 2. The Labute approximate surface area is 134 Å². The van der Waals surface area contributed by atoms with Crippen LogP contribution in [-0.4, -0.2) is 18.4 Å². The molecule has 0 fully saturated rings. The van der Waals surface area contributed by atoms with Gasteiger partial charge >= 0.3 is 0 Å². The van der Waals surface area contributed by atoms with Gasteiger partial charge < -0.3 is 10.6 Å². The maximum Gasteiger partial charge on any atom is 0.239 e. The number of halogens is 1. The molecule has 0 spiro atoms. The highest BCUT2D eigenvalue weighted by molar-refractivity contribution is 5.85. The smallest absolute Gasteiger partial charge is 0.239 e. The fourth-order valence-electron chi connectivity index (χ4n) is 2.19. The molecule has 23 heavy (non-hydrogen) atoms. The van der Waals surface area contributed by atoms with Crippen LogP contribution < -0.4 is 10.6 Å². The molecule has 2 amide bonds. The van der Waals surface area contributed by atoms with Gasteiger partial charge in [0, 0.05) is 0 Å². The van der Waals surface area contributed by atoms with E-state index in [-0.39, 0.29) is 36.6 Å². The lowest BCUT2D eigenvalue weighted by molar-refractivity contribution is -0.126. The normalized spacial score (nSPS) is 11.6. The van der Waals surface area contributed by atoms with Crippen LogP contribution in [0.15, 0.2) is 54.6 Å². The van der Waals surface area contributed by atoms with E-state index in [0.717, 1.165) is 5.56 Å². The molecule has 5 heteroatoms. The summed E-state index contributed by atoms with van der Waals surface area (Å²) in [7, 11) is 0. The molecule has 2 aromatic carbocycles. The Balaban J connectivity index is 1.76. The van der Waals surface area contributed by atoms with Crippen molar-refractivity contribution < 1.29 is 14.0 Å².